The van der Waals surface area contributed by atoms with E-state index in [1.54, 1.807) is 6.92 Å². The Morgan fingerprint density at radius 3 is 1.92 bits per heavy atom. The summed E-state index contributed by atoms with van der Waals surface area (Å²) in [6, 6.07) is 0.471. The molecule has 0 heterocycles. The van der Waals surface area contributed by atoms with E-state index in [2.05, 4.69) is 18.7 Å². The summed E-state index contributed by atoms with van der Waals surface area (Å²) in [6.07, 6.45) is -0.348. The number of rotatable bonds is 5. The van der Waals surface area contributed by atoms with Gasteiger partial charge in [0.2, 0.25) is 0 Å². The van der Waals surface area contributed by atoms with Crippen molar-refractivity contribution in [3.05, 3.63) is 0 Å². The first-order chi connectivity index (χ1) is 5.50. The van der Waals surface area contributed by atoms with Crippen LogP contribution in [-0.4, -0.2) is 46.5 Å². The Balaban J connectivity index is 4.09. The zero-order valence-electron chi connectivity index (χ0n) is 8.49. The molecule has 0 aromatic heterocycles. The van der Waals surface area contributed by atoms with E-state index >= 15 is 0 Å². The highest BCUT2D eigenvalue weighted by Gasteiger charge is 2.19. The molecule has 0 aliphatic heterocycles. The van der Waals surface area contributed by atoms with Crippen LogP contribution < -0.4 is 0 Å². The van der Waals surface area contributed by atoms with Gasteiger partial charge >= 0.3 is 0 Å². The van der Waals surface area contributed by atoms with Gasteiger partial charge in [-0.1, -0.05) is 0 Å². The standard InChI is InChI=1S/C9H21NO2/c1-7(2)10(5-6-11)8(3)9(4)12/h7-9,11-12H,5-6H2,1-4H3. The minimum absolute atomic E-state index is 0.108. The van der Waals surface area contributed by atoms with E-state index in [-0.39, 0.29) is 18.8 Å². The first-order valence-corrected chi connectivity index (χ1v) is 4.55. The van der Waals surface area contributed by atoms with Crippen molar-refractivity contribution in [1.82, 2.24) is 4.90 Å². The predicted molar refractivity (Wildman–Crippen MR) is 50.1 cm³/mol. The molecule has 2 atom stereocenters. The van der Waals surface area contributed by atoms with Gasteiger partial charge in [-0.15, -0.1) is 0 Å². The summed E-state index contributed by atoms with van der Waals surface area (Å²) in [6.45, 7) is 8.65. The molecule has 0 amide bonds. The van der Waals surface area contributed by atoms with Gasteiger partial charge in [-0.05, 0) is 27.7 Å². The molecule has 2 unspecified atom stereocenters. The first kappa shape index (κ1) is 11.9. The molecule has 0 fully saturated rings. The molecule has 0 aliphatic carbocycles. The van der Waals surface area contributed by atoms with Crippen molar-refractivity contribution in [2.75, 3.05) is 13.2 Å². The van der Waals surface area contributed by atoms with Gasteiger partial charge in [0.05, 0.1) is 12.7 Å². The van der Waals surface area contributed by atoms with Crippen LogP contribution in [0.4, 0.5) is 0 Å². The lowest BCUT2D eigenvalue weighted by molar-refractivity contribution is 0.0407. The molecule has 74 valence electrons. The second kappa shape index (κ2) is 5.51. The lowest BCUT2D eigenvalue weighted by Crippen LogP contribution is -2.45. The Morgan fingerprint density at radius 1 is 1.17 bits per heavy atom. The molecule has 2 N–H and O–H groups in total. The van der Waals surface area contributed by atoms with Crippen LogP contribution in [0.3, 0.4) is 0 Å². The Labute approximate surface area is 75.0 Å². The summed E-state index contributed by atoms with van der Waals surface area (Å²) in [5.74, 6) is 0. The third kappa shape index (κ3) is 3.52. The minimum Gasteiger partial charge on any atom is -0.395 e. The van der Waals surface area contributed by atoms with Gasteiger partial charge in [-0.3, -0.25) is 4.90 Å². The van der Waals surface area contributed by atoms with Gasteiger partial charge in [0, 0.05) is 18.6 Å². The molecule has 0 saturated heterocycles. The van der Waals surface area contributed by atoms with E-state index in [1.165, 1.54) is 0 Å². The van der Waals surface area contributed by atoms with Crippen molar-refractivity contribution in [1.29, 1.82) is 0 Å². The summed E-state index contributed by atoms with van der Waals surface area (Å²) >= 11 is 0. The third-order valence-electron chi connectivity index (χ3n) is 2.24. The molecule has 0 aromatic carbocycles. The molecular weight excluding hydrogens is 154 g/mol. The number of aliphatic hydroxyl groups excluding tert-OH is 2. The minimum atomic E-state index is -0.348. The predicted octanol–water partition coefficient (Wildman–Crippen LogP) is 0.458. The van der Waals surface area contributed by atoms with Gasteiger partial charge in [0.1, 0.15) is 0 Å². The van der Waals surface area contributed by atoms with Gasteiger partial charge in [-0.25, -0.2) is 0 Å². The van der Waals surface area contributed by atoms with E-state index in [0.717, 1.165) is 0 Å². The molecule has 0 aromatic rings. The Kier molecular flexibility index (Phi) is 5.46. The van der Waals surface area contributed by atoms with Gasteiger partial charge in [0.15, 0.2) is 0 Å². The Hall–Kier alpha value is -0.120. The zero-order valence-corrected chi connectivity index (χ0v) is 8.49. The molecule has 3 heteroatoms. The van der Waals surface area contributed by atoms with Crippen molar-refractivity contribution in [3.63, 3.8) is 0 Å². The fourth-order valence-corrected chi connectivity index (χ4v) is 1.32. The fraction of sp³-hybridized carbons (Fsp3) is 1.00. The highest BCUT2D eigenvalue weighted by molar-refractivity contribution is 4.74. The number of hydrogen-bond donors (Lipinski definition) is 2. The van der Waals surface area contributed by atoms with Crippen LogP contribution in [0.1, 0.15) is 27.7 Å². The van der Waals surface area contributed by atoms with Gasteiger partial charge < -0.3 is 10.2 Å². The Bertz CT molecular complexity index is 115. The summed E-state index contributed by atoms with van der Waals surface area (Å²) in [7, 11) is 0. The molecule has 0 spiro atoms. The van der Waals surface area contributed by atoms with Gasteiger partial charge in [-0.2, -0.15) is 0 Å². The molecule has 3 nitrogen and oxygen atoms in total. The smallest absolute Gasteiger partial charge is 0.0664 e. The fourth-order valence-electron chi connectivity index (χ4n) is 1.32. The van der Waals surface area contributed by atoms with Crippen molar-refractivity contribution in [2.24, 2.45) is 0 Å². The Morgan fingerprint density at radius 2 is 1.67 bits per heavy atom. The molecule has 0 saturated carbocycles. The van der Waals surface area contributed by atoms with Crippen molar-refractivity contribution in [2.45, 2.75) is 45.9 Å². The van der Waals surface area contributed by atoms with E-state index in [9.17, 15) is 5.11 Å². The molecule has 0 radical (unpaired) electrons. The average molecular weight is 175 g/mol. The maximum Gasteiger partial charge on any atom is 0.0664 e. The number of nitrogens with zero attached hydrogens (tertiary/aromatic N) is 1. The van der Waals surface area contributed by atoms with E-state index < -0.39 is 0 Å². The zero-order chi connectivity index (χ0) is 9.72. The largest absolute Gasteiger partial charge is 0.395 e. The quantitative estimate of drug-likeness (QED) is 0.638. The van der Waals surface area contributed by atoms with Gasteiger partial charge in [0.25, 0.3) is 0 Å². The van der Waals surface area contributed by atoms with Crippen LogP contribution >= 0.6 is 0 Å². The molecule has 0 rings (SSSR count). The van der Waals surface area contributed by atoms with Crippen LogP contribution in [0.5, 0.6) is 0 Å². The maximum atomic E-state index is 9.34. The normalized spacial score (nSPS) is 17.0. The molecule has 0 aliphatic rings. The average Bonchev–Trinajstić information content (AvgIpc) is 1.98. The molecular formula is C9H21NO2. The van der Waals surface area contributed by atoms with Crippen molar-refractivity contribution < 1.29 is 10.2 Å². The summed E-state index contributed by atoms with van der Waals surface area (Å²) in [5, 5.41) is 18.1. The van der Waals surface area contributed by atoms with E-state index in [0.29, 0.717) is 12.6 Å². The highest BCUT2D eigenvalue weighted by Crippen LogP contribution is 2.07. The monoisotopic (exact) mass is 175 g/mol. The second-order valence-electron chi connectivity index (χ2n) is 3.54. The van der Waals surface area contributed by atoms with E-state index in [4.69, 9.17) is 5.11 Å². The summed E-state index contributed by atoms with van der Waals surface area (Å²) < 4.78 is 0. The molecule has 0 bridgehead atoms. The summed E-state index contributed by atoms with van der Waals surface area (Å²) in [4.78, 5) is 2.09. The van der Waals surface area contributed by atoms with Crippen LogP contribution in [-0.2, 0) is 0 Å². The van der Waals surface area contributed by atoms with Crippen molar-refractivity contribution in [3.8, 4) is 0 Å². The number of hydrogen-bond acceptors (Lipinski definition) is 3. The SMILES string of the molecule is CC(O)C(C)N(CCO)C(C)C. The summed E-state index contributed by atoms with van der Waals surface area (Å²) in [5.41, 5.74) is 0. The van der Waals surface area contributed by atoms with Crippen LogP contribution in [0, 0.1) is 0 Å². The van der Waals surface area contributed by atoms with Crippen LogP contribution in [0.15, 0.2) is 0 Å². The first-order valence-electron chi connectivity index (χ1n) is 4.55. The lowest BCUT2D eigenvalue weighted by atomic mass is 10.1. The third-order valence-corrected chi connectivity index (χ3v) is 2.24. The van der Waals surface area contributed by atoms with E-state index in [1.807, 2.05) is 6.92 Å². The second-order valence-corrected chi connectivity index (χ2v) is 3.54. The van der Waals surface area contributed by atoms with Crippen molar-refractivity contribution >= 4 is 0 Å². The lowest BCUT2D eigenvalue weighted by Gasteiger charge is -2.33. The van der Waals surface area contributed by atoms with Crippen LogP contribution in [0.25, 0.3) is 0 Å². The highest BCUT2D eigenvalue weighted by atomic mass is 16.3. The number of aliphatic hydroxyl groups is 2. The maximum absolute atomic E-state index is 9.34. The topological polar surface area (TPSA) is 43.7 Å². The van der Waals surface area contributed by atoms with Crippen LogP contribution in [0.2, 0.25) is 0 Å². The molecule has 12 heavy (non-hydrogen) atoms.